The highest BCUT2D eigenvalue weighted by atomic mass is 35.5. The Bertz CT molecular complexity index is 819. The predicted molar refractivity (Wildman–Crippen MR) is 87.4 cm³/mol. The summed E-state index contributed by atoms with van der Waals surface area (Å²) in [5, 5.41) is 10.6. The first-order valence-corrected chi connectivity index (χ1v) is 7.81. The number of aryl methyl sites for hydroxylation is 2. The zero-order valence-electron chi connectivity index (χ0n) is 10.7. The molecule has 2 heterocycles. The van der Waals surface area contributed by atoms with Crippen LogP contribution in [0.25, 0.3) is 22.0 Å². The van der Waals surface area contributed by atoms with E-state index in [0.717, 1.165) is 33.2 Å². The van der Waals surface area contributed by atoms with Crippen LogP contribution in [0.4, 0.5) is 0 Å². The molecule has 102 valence electrons. The minimum atomic E-state index is 0.405. The summed E-state index contributed by atoms with van der Waals surface area (Å²) in [6, 6.07) is 5.88. The van der Waals surface area contributed by atoms with E-state index in [9.17, 15) is 0 Å². The Morgan fingerprint density at radius 1 is 0.950 bits per heavy atom. The molecule has 0 aliphatic rings. The molecule has 0 saturated heterocycles. The number of fused-ring (bicyclic) bond motifs is 1. The van der Waals surface area contributed by atoms with Crippen molar-refractivity contribution >= 4 is 56.9 Å². The maximum absolute atomic E-state index is 6.25. The van der Waals surface area contributed by atoms with Crippen LogP contribution in [0, 0.1) is 13.8 Å². The molecule has 20 heavy (non-hydrogen) atoms. The summed E-state index contributed by atoms with van der Waals surface area (Å²) in [6.45, 7) is 4.02. The van der Waals surface area contributed by atoms with Gasteiger partial charge < -0.3 is 0 Å². The average Bonchev–Trinajstić information content (AvgIpc) is 2.73. The minimum Gasteiger partial charge on any atom is -0.148 e. The van der Waals surface area contributed by atoms with E-state index in [1.54, 1.807) is 0 Å². The molecule has 0 spiro atoms. The summed E-state index contributed by atoms with van der Waals surface area (Å²) in [4.78, 5) is 0. The van der Waals surface area contributed by atoms with Crippen molar-refractivity contribution in [1.29, 1.82) is 0 Å². The second-order valence-electron chi connectivity index (χ2n) is 4.53. The summed E-state index contributed by atoms with van der Waals surface area (Å²) >= 11 is 19.8. The molecule has 0 aliphatic heterocycles. The van der Waals surface area contributed by atoms with Crippen LogP contribution in [-0.4, -0.2) is 10.2 Å². The predicted octanol–water partition coefficient (Wildman–Crippen LogP) is 5.94. The zero-order chi connectivity index (χ0) is 14.4. The Hall–Kier alpha value is -0.870. The van der Waals surface area contributed by atoms with Crippen molar-refractivity contribution in [2.75, 3.05) is 0 Å². The number of benzene rings is 1. The van der Waals surface area contributed by atoms with E-state index >= 15 is 0 Å². The lowest BCUT2D eigenvalue weighted by atomic mass is 9.99. The zero-order valence-corrected chi connectivity index (χ0v) is 13.8. The standard InChI is InChI=1S/C14H9Cl3N2S/c1-6-3-4-7(2)11-10(6)12(18-19-13(11)16)8-5-9(15)20-14(8)17/h3-5H,1-2H3. The van der Waals surface area contributed by atoms with Crippen LogP contribution in [0.1, 0.15) is 11.1 Å². The summed E-state index contributed by atoms with van der Waals surface area (Å²) in [6.07, 6.45) is 0. The average molecular weight is 344 g/mol. The summed E-state index contributed by atoms with van der Waals surface area (Å²) < 4.78 is 1.23. The van der Waals surface area contributed by atoms with Crippen LogP contribution in [-0.2, 0) is 0 Å². The van der Waals surface area contributed by atoms with Gasteiger partial charge in [0, 0.05) is 16.3 Å². The fourth-order valence-corrected chi connectivity index (χ4v) is 4.01. The molecule has 0 aliphatic carbocycles. The maximum Gasteiger partial charge on any atom is 0.159 e. The van der Waals surface area contributed by atoms with Crippen LogP contribution in [0.5, 0.6) is 0 Å². The van der Waals surface area contributed by atoms with Crippen LogP contribution in [0.15, 0.2) is 18.2 Å². The molecule has 0 bridgehead atoms. The Morgan fingerprint density at radius 3 is 2.20 bits per heavy atom. The van der Waals surface area contributed by atoms with E-state index in [0.29, 0.717) is 13.8 Å². The number of hydrogen-bond donors (Lipinski definition) is 0. The van der Waals surface area contributed by atoms with Crippen LogP contribution in [0.2, 0.25) is 13.8 Å². The van der Waals surface area contributed by atoms with Gasteiger partial charge >= 0.3 is 0 Å². The second-order valence-corrected chi connectivity index (χ2v) is 7.17. The first kappa shape index (κ1) is 14.1. The molecule has 0 saturated carbocycles. The van der Waals surface area contributed by atoms with Crippen LogP contribution >= 0.6 is 46.1 Å². The van der Waals surface area contributed by atoms with Crippen molar-refractivity contribution in [3.8, 4) is 11.3 Å². The maximum atomic E-state index is 6.25. The van der Waals surface area contributed by atoms with Crippen molar-refractivity contribution in [2.45, 2.75) is 13.8 Å². The summed E-state index contributed by atoms with van der Waals surface area (Å²) in [5.74, 6) is 0. The third kappa shape index (κ3) is 2.19. The Labute approximate surface area is 135 Å². The highest BCUT2D eigenvalue weighted by Crippen LogP contribution is 2.41. The summed E-state index contributed by atoms with van der Waals surface area (Å²) in [7, 11) is 0. The molecule has 0 amide bonds. The van der Waals surface area contributed by atoms with Gasteiger partial charge in [0.1, 0.15) is 10.0 Å². The van der Waals surface area contributed by atoms with Gasteiger partial charge in [-0.25, -0.2) is 0 Å². The first-order chi connectivity index (χ1) is 9.49. The van der Waals surface area contributed by atoms with Crippen LogP contribution < -0.4 is 0 Å². The van der Waals surface area contributed by atoms with E-state index in [1.165, 1.54) is 11.3 Å². The molecule has 0 N–H and O–H groups in total. The number of halogens is 3. The van der Waals surface area contributed by atoms with Crippen molar-refractivity contribution < 1.29 is 0 Å². The lowest BCUT2D eigenvalue weighted by molar-refractivity contribution is 1.05. The number of nitrogens with zero attached hydrogens (tertiary/aromatic N) is 2. The van der Waals surface area contributed by atoms with Gasteiger partial charge in [-0.1, -0.05) is 46.9 Å². The second kappa shape index (κ2) is 5.15. The Morgan fingerprint density at radius 2 is 1.60 bits per heavy atom. The molecule has 3 rings (SSSR count). The normalized spacial score (nSPS) is 11.2. The van der Waals surface area contributed by atoms with Gasteiger partial charge in [-0.05, 0) is 31.0 Å². The third-order valence-electron chi connectivity index (χ3n) is 3.21. The number of rotatable bonds is 1. The molecule has 0 unspecified atom stereocenters. The largest absolute Gasteiger partial charge is 0.159 e. The monoisotopic (exact) mass is 342 g/mol. The van der Waals surface area contributed by atoms with Crippen molar-refractivity contribution in [3.63, 3.8) is 0 Å². The molecule has 0 radical (unpaired) electrons. The molecule has 6 heteroatoms. The van der Waals surface area contributed by atoms with Gasteiger partial charge in [0.15, 0.2) is 5.15 Å². The van der Waals surface area contributed by atoms with Gasteiger partial charge in [0.05, 0.1) is 4.34 Å². The molecule has 2 nitrogen and oxygen atoms in total. The van der Waals surface area contributed by atoms with Crippen LogP contribution in [0.3, 0.4) is 0 Å². The Kier molecular flexibility index (Phi) is 3.63. The number of thiophene rings is 1. The van der Waals surface area contributed by atoms with E-state index in [-0.39, 0.29) is 0 Å². The topological polar surface area (TPSA) is 25.8 Å². The van der Waals surface area contributed by atoms with E-state index in [1.807, 2.05) is 32.0 Å². The van der Waals surface area contributed by atoms with Gasteiger partial charge in [-0.3, -0.25) is 0 Å². The third-order valence-corrected chi connectivity index (χ3v) is 4.97. The van der Waals surface area contributed by atoms with Gasteiger partial charge in [0.25, 0.3) is 0 Å². The van der Waals surface area contributed by atoms with Gasteiger partial charge in [-0.15, -0.1) is 21.5 Å². The highest BCUT2D eigenvalue weighted by molar-refractivity contribution is 7.20. The first-order valence-electron chi connectivity index (χ1n) is 5.86. The van der Waals surface area contributed by atoms with Gasteiger partial charge in [0.2, 0.25) is 0 Å². The minimum absolute atomic E-state index is 0.405. The number of aromatic nitrogens is 2. The lowest BCUT2D eigenvalue weighted by Crippen LogP contribution is -1.95. The quantitative estimate of drug-likeness (QED) is 0.547. The molecular formula is C14H9Cl3N2S. The highest BCUT2D eigenvalue weighted by Gasteiger charge is 2.17. The van der Waals surface area contributed by atoms with Gasteiger partial charge in [-0.2, -0.15) is 0 Å². The molecule has 2 aromatic heterocycles. The van der Waals surface area contributed by atoms with Crippen molar-refractivity contribution in [1.82, 2.24) is 10.2 Å². The van der Waals surface area contributed by atoms with Crippen molar-refractivity contribution in [2.24, 2.45) is 0 Å². The number of hydrogen-bond acceptors (Lipinski definition) is 3. The molecule has 3 aromatic rings. The lowest BCUT2D eigenvalue weighted by Gasteiger charge is -2.10. The SMILES string of the molecule is Cc1ccc(C)c2c(-c3cc(Cl)sc3Cl)nnc(Cl)c12. The fraction of sp³-hybridized carbons (Fsp3) is 0.143. The molecular weight excluding hydrogens is 335 g/mol. The summed E-state index contributed by atoms with van der Waals surface area (Å²) in [5.41, 5.74) is 3.66. The molecule has 1 aromatic carbocycles. The van der Waals surface area contributed by atoms with E-state index < -0.39 is 0 Å². The Balaban J connectivity index is 2.47. The van der Waals surface area contributed by atoms with Crippen molar-refractivity contribution in [3.05, 3.63) is 43.2 Å². The van der Waals surface area contributed by atoms with E-state index in [2.05, 4.69) is 10.2 Å². The fourth-order valence-electron chi connectivity index (χ4n) is 2.27. The molecule has 0 atom stereocenters. The van der Waals surface area contributed by atoms with E-state index in [4.69, 9.17) is 34.8 Å². The molecule has 0 fully saturated rings. The smallest absolute Gasteiger partial charge is 0.148 e.